The van der Waals surface area contributed by atoms with Gasteiger partial charge in [-0.1, -0.05) is 59.5 Å². The second-order valence-electron chi connectivity index (χ2n) is 6.55. The third kappa shape index (κ3) is 3.81. The summed E-state index contributed by atoms with van der Waals surface area (Å²) in [5.74, 6) is 1.37. The molecule has 0 aliphatic carbocycles. The van der Waals surface area contributed by atoms with Crippen molar-refractivity contribution in [1.82, 2.24) is 29.4 Å². The normalized spacial score (nSPS) is 11.4. The molecule has 0 atom stereocenters. The summed E-state index contributed by atoms with van der Waals surface area (Å²) >= 11 is 4.58. The predicted octanol–water partition coefficient (Wildman–Crippen LogP) is 4.12. The van der Waals surface area contributed by atoms with E-state index in [0.717, 1.165) is 20.9 Å². The van der Waals surface area contributed by atoms with Crippen LogP contribution >= 0.6 is 34.4 Å². The minimum Gasteiger partial charge on any atom is -0.297 e. The molecule has 0 unspecified atom stereocenters. The molecular weight excluding hydrogens is 436 g/mol. The van der Waals surface area contributed by atoms with Gasteiger partial charge in [0.2, 0.25) is 4.96 Å². The van der Waals surface area contributed by atoms with Gasteiger partial charge in [0.05, 0.1) is 17.1 Å². The number of thioether (sulfide) groups is 1. The van der Waals surface area contributed by atoms with Crippen LogP contribution in [-0.4, -0.2) is 29.4 Å². The Kier molecular flexibility index (Phi) is 5.19. The van der Waals surface area contributed by atoms with Crippen molar-refractivity contribution in [3.8, 4) is 10.7 Å². The summed E-state index contributed by atoms with van der Waals surface area (Å²) < 4.78 is 3.47. The highest BCUT2D eigenvalue weighted by Crippen LogP contribution is 2.29. The highest BCUT2D eigenvalue weighted by atomic mass is 32.2. The molecular formula is C20H16N6OS3. The Morgan fingerprint density at radius 3 is 2.77 bits per heavy atom. The largest absolute Gasteiger partial charge is 0.297 e. The van der Waals surface area contributed by atoms with E-state index in [2.05, 4.69) is 37.0 Å². The Balaban J connectivity index is 1.46. The lowest BCUT2D eigenvalue weighted by molar-refractivity contribution is 0.715. The fourth-order valence-electron chi connectivity index (χ4n) is 3.06. The number of thiophene rings is 1. The standard InChI is InChI=1S/C20H16N6OS3/c1-13-24-26-17(27)10-15(21-19(26)30-13)12-29-20-23-22-18(16-8-5-9-28-16)25(20)11-14-6-3-2-4-7-14/h2-10H,11-12H2,1H3. The van der Waals surface area contributed by atoms with Gasteiger partial charge in [-0.05, 0) is 23.9 Å². The molecule has 0 amide bonds. The Labute approximate surface area is 184 Å². The van der Waals surface area contributed by atoms with Crippen molar-refractivity contribution >= 4 is 39.4 Å². The zero-order valence-electron chi connectivity index (χ0n) is 15.9. The summed E-state index contributed by atoms with van der Waals surface area (Å²) in [5, 5.41) is 16.7. The van der Waals surface area contributed by atoms with Crippen molar-refractivity contribution in [2.24, 2.45) is 0 Å². The maximum Gasteiger partial charge on any atom is 0.275 e. The molecule has 7 nitrogen and oxygen atoms in total. The monoisotopic (exact) mass is 452 g/mol. The van der Waals surface area contributed by atoms with E-state index in [1.165, 1.54) is 39.2 Å². The average Bonchev–Trinajstić information content (AvgIpc) is 3.47. The van der Waals surface area contributed by atoms with Crippen LogP contribution in [0.2, 0.25) is 0 Å². The second-order valence-corrected chi connectivity index (χ2v) is 9.60. The van der Waals surface area contributed by atoms with Gasteiger partial charge in [-0.25, -0.2) is 4.98 Å². The molecule has 4 heterocycles. The van der Waals surface area contributed by atoms with Gasteiger partial charge in [0, 0.05) is 11.8 Å². The minimum absolute atomic E-state index is 0.162. The van der Waals surface area contributed by atoms with E-state index in [0.29, 0.717) is 23.0 Å². The first kappa shape index (κ1) is 19.2. The van der Waals surface area contributed by atoms with E-state index in [1.807, 2.05) is 42.6 Å². The van der Waals surface area contributed by atoms with Gasteiger partial charge in [-0.2, -0.15) is 9.61 Å². The summed E-state index contributed by atoms with van der Waals surface area (Å²) in [5.41, 5.74) is 1.72. The van der Waals surface area contributed by atoms with Crippen molar-refractivity contribution in [2.75, 3.05) is 0 Å². The topological polar surface area (TPSA) is 78.0 Å². The summed E-state index contributed by atoms with van der Waals surface area (Å²) in [6.07, 6.45) is 0. The van der Waals surface area contributed by atoms with Crippen molar-refractivity contribution in [3.63, 3.8) is 0 Å². The third-order valence-electron chi connectivity index (χ3n) is 4.39. The molecule has 0 bridgehead atoms. The number of hydrogen-bond donors (Lipinski definition) is 0. The molecule has 0 fully saturated rings. The van der Waals surface area contributed by atoms with Crippen LogP contribution in [0.15, 0.2) is 63.9 Å². The van der Waals surface area contributed by atoms with Crippen LogP contribution in [0.3, 0.4) is 0 Å². The van der Waals surface area contributed by atoms with Crippen molar-refractivity contribution in [3.05, 3.63) is 80.5 Å². The van der Waals surface area contributed by atoms with E-state index in [9.17, 15) is 4.79 Å². The maximum absolute atomic E-state index is 12.3. The lowest BCUT2D eigenvalue weighted by atomic mass is 10.2. The van der Waals surface area contributed by atoms with Gasteiger partial charge in [-0.3, -0.25) is 9.36 Å². The van der Waals surface area contributed by atoms with Crippen LogP contribution in [0.1, 0.15) is 16.3 Å². The van der Waals surface area contributed by atoms with E-state index in [1.54, 1.807) is 11.3 Å². The molecule has 1 aromatic carbocycles. The minimum atomic E-state index is -0.162. The number of aromatic nitrogens is 6. The van der Waals surface area contributed by atoms with Gasteiger partial charge >= 0.3 is 0 Å². The van der Waals surface area contributed by atoms with Crippen molar-refractivity contribution in [1.29, 1.82) is 0 Å². The lowest BCUT2D eigenvalue weighted by Gasteiger charge is -2.09. The van der Waals surface area contributed by atoms with Crippen LogP contribution in [-0.2, 0) is 12.3 Å². The van der Waals surface area contributed by atoms with Gasteiger partial charge in [0.15, 0.2) is 11.0 Å². The number of benzene rings is 1. The van der Waals surface area contributed by atoms with Crippen LogP contribution in [0.4, 0.5) is 0 Å². The first-order chi connectivity index (χ1) is 14.7. The highest BCUT2D eigenvalue weighted by Gasteiger charge is 2.16. The average molecular weight is 453 g/mol. The summed E-state index contributed by atoms with van der Waals surface area (Å²) in [7, 11) is 0. The second kappa shape index (κ2) is 8.13. The third-order valence-corrected chi connectivity index (χ3v) is 7.08. The number of rotatable bonds is 6. The Bertz CT molecular complexity index is 1350. The molecule has 4 aromatic heterocycles. The number of hydrogen-bond acceptors (Lipinski definition) is 8. The summed E-state index contributed by atoms with van der Waals surface area (Å²) in [6, 6.07) is 15.8. The molecule has 10 heteroatoms. The van der Waals surface area contributed by atoms with Gasteiger partial charge in [0.1, 0.15) is 5.01 Å². The fourth-order valence-corrected chi connectivity index (χ4v) is 5.37. The molecule has 30 heavy (non-hydrogen) atoms. The Morgan fingerprint density at radius 2 is 1.97 bits per heavy atom. The molecule has 0 radical (unpaired) electrons. The lowest BCUT2D eigenvalue weighted by Crippen LogP contribution is -2.15. The molecule has 0 aliphatic rings. The summed E-state index contributed by atoms with van der Waals surface area (Å²) in [6.45, 7) is 2.54. The number of aryl methyl sites for hydroxylation is 1. The van der Waals surface area contributed by atoms with Crippen LogP contribution in [0.5, 0.6) is 0 Å². The maximum atomic E-state index is 12.3. The molecule has 5 aromatic rings. The number of fused-ring (bicyclic) bond motifs is 1. The number of nitrogens with zero attached hydrogens (tertiary/aromatic N) is 6. The van der Waals surface area contributed by atoms with Gasteiger partial charge in [0.25, 0.3) is 5.56 Å². The van der Waals surface area contributed by atoms with Crippen LogP contribution < -0.4 is 5.56 Å². The molecule has 0 spiro atoms. The van der Waals surface area contributed by atoms with Gasteiger partial charge < -0.3 is 0 Å². The van der Waals surface area contributed by atoms with E-state index < -0.39 is 0 Å². The Hall–Kier alpha value is -2.82. The molecule has 0 saturated heterocycles. The molecule has 0 aliphatic heterocycles. The van der Waals surface area contributed by atoms with Crippen molar-refractivity contribution < 1.29 is 0 Å². The first-order valence-corrected chi connectivity index (χ1v) is 11.9. The van der Waals surface area contributed by atoms with Crippen LogP contribution in [0.25, 0.3) is 15.7 Å². The van der Waals surface area contributed by atoms with Gasteiger partial charge in [-0.15, -0.1) is 21.5 Å². The first-order valence-electron chi connectivity index (χ1n) is 9.17. The quantitative estimate of drug-likeness (QED) is 0.361. The van der Waals surface area contributed by atoms with Crippen LogP contribution in [0, 0.1) is 6.92 Å². The molecule has 150 valence electrons. The predicted molar refractivity (Wildman–Crippen MR) is 120 cm³/mol. The molecule has 0 saturated carbocycles. The van der Waals surface area contributed by atoms with E-state index >= 15 is 0 Å². The van der Waals surface area contributed by atoms with Crippen molar-refractivity contribution in [2.45, 2.75) is 24.4 Å². The smallest absolute Gasteiger partial charge is 0.275 e. The van der Waals surface area contributed by atoms with E-state index in [4.69, 9.17) is 0 Å². The molecule has 0 N–H and O–H groups in total. The zero-order valence-corrected chi connectivity index (χ0v) is 18.4. The zero-order chi connectivity index (χ0) is 20.5. The fraction of sp³-hybridized carbons (Fsp3) is 0.150. The Morgan fingerprint density at radius 1 is 1.10 bits per heavy atom. The highest BCUT2D eigenvalue weighted by molar-refractivity contribution is 7.98. The summed E-state index contributed by atoms with van der Waals surface area (Å²) in [4.78, 5) is 18.6. The SMILES string of the molecule is Cc1nn2c(=O)cc(CSc3nnc(-c4cccs4)n3Cc3ccccc3)nc2s1. The molecule has 5 rings (SSSR count). The van der Waals surface area contributed by atoms with E-state index in [-0.39, 0.29) is 5.56 Å².